The van der Waals surface area contributed by atoms with Gasteiger partial charge in [-0.3, -0.25) is 0 Å². The van der Waals surface area contributed by atoms with Crippen molar-refractivity contribution in [1.29, 1.82) is 0 Å². The largest absolute Gasteiger partial charge is 0.490 e. The van der Waals surface area contributed by atoms with Gasteiger partial charge < -0.3 is 15.2 Å². The molecule has 2 aromatic rings. The third kappa shape index (κ3) is 4.72. The highest BCUT2D eigenvalue weighted by Gasteiger charge is 2.09. The van der Waals surface area contributed by atoms with E-state index in [-0.39, 0.29) is 11.9 Å². The van der Waals surface area contributed by atoms with E-state index >= 15 is 0 Å². The number of nitrogens with two attached hydrogens (primary N) is 1. The Morgan fingerprint density at radius 3 is 2.43 bits per heavy atom. The minimum Gasteiger partial charge on any atom is -0.490 e. The Hall–Kier alpha value is -1.59. The molecular weight excluding hydrogens is 337 g/mol. The first-order valence-corrected chi connectivity index (χ1v) is 7.42. The summed E-state index contributed by atoms with van der Waals surface area (Å²) in [5, 5.41) is 0. The van der Waals surface area contributed by atoms with Crippen molar-refractivity contribution in [1.82, 2.24) is 0 Å². The Kier molecular flexibility index (Phi) is 5.59. The summed E-state index contributed by atoms with van der Waals surface area (Å²) in [4.78, 5) is 0. The lowest BCUT2D eigenvalue weighted by atomic mass is 10.1. The highest BCUT2D eigenvalue weighted by Crippen LogP contribution is 2.24. The van der Waals surface area contributed by atoms with Crippen LogP contribution < -0.4 is 15.2 Å². The molecule has 0 saturated heterocycles. The van der Waals surface area contributed by atoms with Crippen LogP contribution >= 0.6 is 15.9 Å². The first-order chi connectivity index (χ1) is 10.1. The van der Waals surface area contributed by atoms with Gasteiger partial charge in [-0.25, -0.2) is 4.39 Å². The van der Waals surface area contributed by atoms with Gasteiger partial charge in [-0.1, -0.05) is 22.0 Å². The average Bonchev–Trinajstić information content (AvgIpc) is 2.45. The number of ether oxygens (including phenoxy) is 2. The van der Waals surface area contributed by atoms with E-state index in [4.69, 9.17) is 15.2 Å². The van der Waals surface area contributed by atoms with Crippen molar-refractivity contribution in [2.45, 2.75) is 13.0 Å². The quantitative estimate of drug-likeness (QED) is 0.796. The zero-order chi connectivity index (χ0) is 15.2. The number of rotatable bonds is 6. The molecule has 0 bridgehead atoms. The van der Waals surface area contributed by atoms with E-state index in [1.807, 2.05) is 31.2 Å². The Balaban J connectivity index is 1.88. The molecule has 0 spiro atoms. The van der Waals surface area contributed by atoms with E-state index < -0.39 is 0 Å². The molecule has 112 valence electrons. The van der Waals surface area contributed by atoms with Gasteiger partial charge in [-0.15, -0.1) is 0 Å². The van der Waals surface area contributed by atoms with Crippen molar-refractivity contribution in [2.24, 2.45) is 5.73 Å². The smallest absolute Gasteiger partial charge is 0.127 e. The highest BCUT2D eigenvalue weighted by molar-refractivity contribution is 9.10. The predicted octanol–water partition coefficient (Wildman–Crippen LogP) is 4.07. The molecule has 2 rings (SSSR count). The third-order valence-corrected chi connectivity index (χ3v) is 3.42. The normalized spacial score (nSPS) is 12.0. The third-order valence-electron chi connectivity index (χ3n) is 2.89. The Labute approximate surface area is 132 Å². The summed E-state index contributed by atoms with van der Waals surface area (Å²) in [6.07, 6.45) is 0. The molecule has 5 heteroatoms. The van der Waals surface area contributed by atoms with Crippen molar-refractivity contribution in [2.75, 3.05) is 13.2 Å². The lowest BCUT2D eigenvalue weighted by Gasteiger charge is -2.14. The summed E-state index contributed by atoms with van der Waals surface area (Å²) in [6.45, 7) is 2.52. The van der Waals surface area contributed by atoms with Gasteiger partial charge in [0.2, 0.25) is 0 Å². The summed E-state index contributed by atoms with van der Waals surface area (Å²) in [6, 6.07) is 11.7. The molecule has 21 heavy (non-hydrogen) atoms. The maximum Gasteiger partial charge on any atom is 0.127 e. The van der Waals surface area contributed by atoms with Crippen LogP contribution in [0.5, 0.6) is 11.5 Å². The van der Waals surface area contributed by atoms with Gasteiger partial charge >= 0.3 is 0 Å². The zero-order valence-corrected chi connectivity index (χ0v) is 13.3. The summed E-state index contributed by atoms with van der Waals surface area (Å²) in [5.41, 5.74) is 6.61. The topological polar surface area (TPSA) is 44.5 Å². The summed E-state index contributed by atoms with van der Waals surface area (Å²) < 4.78 is 25.4. The van der Waals surface area contributed by atoms with E-state index in [0.29, 0.717) is 19.0 Å². The molecule has 0 aromatic heterocycles. The van der Waals surface area contributed by atoms with Gasteiger partial charge in [0, 0.05) is 22.1 Å². The fourth-order valence-corrected chi connectivity index (χ4v) is 2.12. The Bertz CT molecular complexity index is 587. The van der Waals surface area contributed by atoms with Crippen LogP contribution in [0.4, 0.5) is 4.39 Å². The molecule has 0 aliphatic carbocycles. The molecule has 0 radical (unpaired) electrons. The minimum atomic E-state index is -0.344. The molecule has 0 amide bonds. The lowest BCUT2D eigenvalue weighted by Crippen LogP contribution is -2.13. The first-order valence-electron chi connectivity index (χ1n) is 6.62. The maximum absolute atomic E-state index is 13.3. The van der Waals surface area contributed by atoms with Gasteiger partial charge in [0.05, 0.1) is 0 Å². The van der Waals surface area contributed by atoms with Crippen LogP contribution in [-0.2, 0) is 0 Å². The van der Waals surface area contributed by atoms with Crippen LogP contribution in [-0.4, -0.2) is 13.2 Å². The first kappa shape index (κ1) is 15.8. The number of hydrogen-bond donors (Lipinski definition) is 1. The van der Waals surface area contributed by atoms with Gasteiger partial charge in [0.25, 0.3) is 0 Å². The highest BCUT2D eigenvalue weighted by atomic mass is 79.9. The molecule has 0 saturated carbocycles. The predicted molar refractivity (Wildman–Crippen MR) is 84.1 cm³/mol. The molecule has 0 aliphatic rings. The fraction of sp³-hybridized carbons (Fsp3) is 0.250. The number of halogens is 2. The van der Waals surface area contributed by atoms with Gasteiger partial charge in [-0.2, -0.15) is 0 Å². The molecule has 2 N–H and O–H groups in total. The fourth-order valence-electron chi connectivity index (χ4n) is 1.85. The number of benzene rings is 2. The molecule has 1 atom stereocenters. The molecule has 0 fully saturated rings. The summed E-state index contributed by atoms with van der Waals surface area (Å²) in [7, 11) is 0. The van der Waals surface area contributed by atoms with Crippen LogP contribution in [0.1, 0.15) is 18.5 Å². The monoisotopic (exact) mass is 353 g/mol. The van der Waals surface area contributed by atoms with Crippen LogP contribution in [0.2, 0.25) is 0 Å². The summed E-state index contributed by atoms with van der Waals surface area (Å²) in [5.74, 6) is 0.876. The van der Waals surface area contributed by atoms with Gasteiger partial charge in [0.1, 0.15) is 30.5 Å². The molecule has 2 aromatic carbocycles. The van der Waals surface area contributed by atoms with E-state index in [0.717, 1.165) is 15.8 Å². The van der Waals surface area contributed by atoms with Crippen LogP contribution in [0.15, 0.2) is 46.9 Å². The van der Waals surface area contributed by atoms with Crippen LogP contribution in [0, 0.1) is 5.82 Å². The minimum absolute atomic E-state index is 0.215. The van der Waals surface area contributed by atoms with E-state index in [1.165, 1.54) is 12.1 Å². The van der Waals surface area contributed by atoms with E-state index in [2.05, 4.69) is 15.9 Å². The second-order valence-electron chi connectivity index (χ2n) is 4.62. The van der Waals surface area contributed by atoms with E-state index in [1.54, 1.807) is 6.07 Å². The van der Waals surface area contributed by atoms with Crippen molar-refractivity contribution in [3.8, 4) is 11.5 Å². The molecule has 0 aliphatic heterocycles. The second kappa shape index (κ2) is 7.43. The van der Waals surface area contributed by atoms with Crippen molar-refractivity contribution in [3.05, 3.63) is 58.3 Å². The van der Waals surface area contributed by atoms with Crippen molar-refractivity contribution >= 4 is 15.9 Å². The molecule has 0 heterocycles. The summed E-state index contributed by atoms with van der Waals surface area (Å²) >= 11 is 3.36. The van der Waals surface area contributed by atoms with Crippen LogP contribution in [0.25, 0.3) is 0 Å². The van der Waals surface area contributed by atoms with Gasteiger partial charge in [-0.05, 0) is 37.3 Å². The number of hydrogen-bond acceptors (Lipinski definition) is 3. The SMILES string of the molecule is C[C@@H](N)c1ccc(F)cc1OCCOc1ccc(Br)cc1. The van der Waals surface area contributed by atoms with Gasteiger partial charge in [0.15, 0.2) is 0 Å². The molecular formula is C16H17BrFNO2. The lowest BCUT2D eigenvalue weighted by molar-refractivity contribution is 0.215. The second-order valence-corrected chi connectivity index (χ2v) is 5.54. The Morgan fingerprint density at radius 2 is 1.76 bits per heavy atom. The average molecular weight is 354 g/mol. The molecule has 0 unspecified atom stereocenters. The van der Waals surface area contributed by atoms with Crippen molar-refractivity contribution in [3.63, 3.8) is 0 Å². The van der Waals surface area contributed by atoms with Crippen LogP contribution in [0.3, 0.4) is 0 Å². The molecule has 3 nitrogen and oxygen atoms in total. The Morgan fingerprint density at radius 1 is 1.10 bits per heavy atom. The standard InChI is InChI=1S/C16H17BrFNO2/c1-11(19)15-7-4-13(18)10-16(15)21-9-8-20-14-5-2-12(17)3-6-14/h2-7,10-11H,8-9,19H2,1H3/t11-/m1/s1. The van der Waals surface area contributed by atoms with Crippen molar-refractivity contribution < 1.29 is 13.9 Å². The van der Waals surface area contributed by atoms with E-state index in [9.17, 15) is 4.39 Å². The zero-order valence-electron chi connectivity index (χ0n) is 11.7. The maximum atomic E-state index is 13.3.